The fourth-order valence-corrected chi connectivity index (χ4v) is 4.15. The Morgan fingerprint density at radius 2 is 2.12 bits per heavy atom. The second-order valence-electron chi connectivity index (χ2n) is 7.19. The number of aromatic nitrogens is 4. The number of fused-ring (bicyclic) bond motifs is 1. The second kappa shape index (κ2) is 6.94. The highest BCUT2D eigenvalue weighted by atomic mass is 16.1. The van der Waals surface area contributed by atoms with Crippen molar-refractivity contribution in [2.24, 2.45) is 0 Å². The van der Waals surface area contributed by atoms with Gasteiger partial charge in [0.1, 0.15) is 5.82 Å². The minimum atomic E-state index is -0.0476. The summed E-state index contributed by atoms with van der Waals surface area (Å²) < 4.78 is 2.36. The van der Waals surface area contributed by atoms with Crippen molar-refractivity contribution in [3.63, 3.8) is 0 Å². The molecule has 1 aliphatic carbocycles. The molecule has 136 valence electrons. The lowest BCUT2D eigenvalue weighted by atomic mass is 9.95. The van der Waals surface area contributed by atoms with Gasteiger partial charge in [0.15, 0.2) is 5.65 Å². The number of imidazole rings is 1. The molecule has 0 spiro atoms. The number of aryl methyl sites for hydroxylation is 1. The van der Waals surface area contributed by atoms with E-state index in [-0.39, 0.29) is 5.91 Å². The molecule has 0 aromatic carbocycles. The van der Waals surface area contributed by atoms with Gasteiger partial charge in [-0.2, -0.15) is 0 Å². The van der Waals surface area contributed by atoms with E-state index < -0.39 is 0 Å². The van der Waals surface area contributed by atoms with Gasteiger partial charge in [0.05, 0.1) is 17.6 Å². The second-order valence-corrected chi connectivity index (χ2v) is 7.19. The van der Waals surface area contributed by atoms with Crippen LogP contribution in [0.15, 0.2) is 24.4 Å². The molecular formula is C20H25N5O. The molecule has 4 rings (SSSR count). The van der Waals surface area contributed by atoms with Crippen molar-refractivity contribution in [1.29, 1.82) is 0 Å². The van der Waals surface area contributed by atoms with Crippen molar-refractivity contribution in [3.05, 3.63) is 47.2 Å². The predicted octanol–water partition coefficient (Wildman–Crippen LogP) is 3.81. The highest BCUT2D eigenvalue weighted by molar-refractivity contribution is 5.95. The Bertz CT molecular complexity index is 900. The number of hydrogen-bond donors (Lipinski definition) is 2. The fourth-order valence-electron chi connectivity index (χ4n) is 4.15. The lowest BCUT2D eigenvalue weighted by Crippen LogP contribution is -2.24. The number of pyridine rings is 1. The number of rotatable bonds is 4. The smallest absolute Gasteiger partial charge is 0.253 e. The highest BCUT2D eigenvalue weighted by Crippen LogP contribution is 2.32. The number of carbonyl (C=O) groups excluding carboxylic acids is 1. The number of nitrogens with zero attached hydrogens (tertiary/aromatic N) is 3. The number of carbonyl (C=O) groups is 1. The van der Waals surface area contributed by atoms with E-state index in [1.54, 1.807) is 6.20 Å². The Labute approximate surface area is 153 Å². The molecule has 0 unspecified atom stereocenters. The monoisotopic (exact) mass is 351 g/mol. The van der Waals surface area contributed by atoms with E-state index in [0.29, 0.717) is 24.1 Å². The third kappa shape index (κ3) is 3.11. The van der Waals surface area contributed by atoms with Gasteiger partial charge in [0.25, 0.3) is 5.91 Å². The summed E-state index contributed by atoms with van der Waals surface area (Å²) in [7, 11) is 0. The van der Waals surface area contributed by atoms with Crippen molar-refractivity contribution in [1.82, 2.24) is 24.8 Å². The van der Waals surface area contributed by atoms with Crippen molar-refractivity contribution in [2.45, 2.75) is 58.5 Å². The quantitative estimate of drug-likeness (QED) is 0.750. The van der Waals surface area contributed by atoms with Crippen LogP contribution in [0.3, 0.4) is 0 Å². The zero-order chi connectivity index (χ0) is 18.1. The molecular weight excluding hydrogens is 326 g/mol. The first kappa shape index (κ1) is 16.8. The number of aromatic amines is 1. The third-order valence-corrected chi connectivity index (χ3v) is 5.39. The molecule has 6 nitrogen and oxygen atoms in total. The van der Waals surface area contributed by atoms with Crippen molar-refractivity contribution in [3.8, 4) is 0 Å². The van der Waals surface area contributed by atoms with Gasteiger partial charge < -0.3 is 14.9 Å². The molecule has 0 radical (unpaired) electrons. The molecule has 0 aliphatic heterocycles. The summed E-state index contributed by atoms with van der Waals surface area (Å²) >= 11 is 0. The molecule has 26 heavy (non-hydrogen) atoms. The van der Waals surface area contributed by atoms with Gasteiger partial charge in [-0.25, -0.2) is 9.97 Å². The first-order valence-corrected chi connectivity index (χ1v) is 9.39. The van der Waals surface area contributed by atoms with Crippen LogP contribution >= 0.6 is 0 Å². The summed E-state index contributed by atoms with van der Waals surface area (Å²) in [6.45, 7) is 4.52. The number of H-pyrrole nitrogens is 1. The molecule has 2 N–H and O–H groups in total. The standard InChI is InChI=1S/C20H25N5O/c1-13-11-16(14(2)25(13)15-7-4-3-5-8-15)20(26)22-12-18-23-17-9-6-10-21-19(17)24-18/h6,9-11,15H,3-5,7-8,12H2,1-2H3,(H,22,26)(H,21,23,24). The maximum absolute atomic E-state index is 12.7. The maximum atomic E-state index is 12.7. The molecule has 0 saturated heterocycles. The average Bonchev–Trinajstić information content (AvgIpc) is 3.20. The third-order valence-electron chi connectivity index (χ3n) is 5.39. The van der Waals surface area contributed by atoms with Crippen LogP contribution in [0.1, 0.15) is 65.7 Å². The van der Waals surface area contributed by atoms with Crippen molar-refractivity contribution in [2.75, 3.05) is 0 Å². The Hall–Kier alpha value is -2.63. The fraction of sp³-hybridized carbons (Fsp3) is 0.450. The number of hydrogen-bond acceptors (Lipinski definition) is 3. The van der Waals surface area contributed by atoms with E-state index in [0.717, 1.165) is 16.8 Å². The van der Waals surface area contributed by atoms with Crippen LogP contribution < -0.4 is 5.32 Å². The SMILES string of the molecule is Cc1cc(C(=O)NCc2nc3ncccc3[nH]2)c(C)n1C1CCCCC1. The van der Waals surface area contributed by atoms with E-state index in [2.05, 4.69) is 38.7 Å². The van der Waals surface area contributed by atoms with Gasteiger partial charge in [0.2, 0.25) is 0 Å². The number of amides is 1. The molecule has 1 amide bonds. The summed E-state index contributed by atoms with van der Waals surface area (Å²) in [5.74, 6) is 0.668. The molecule has 3 aromatic heterocycles. The van der Waals surface area contributed by atoms with E-state index in [9.17, 15) is 4.79 Å². The van der Waals surface area contributed by atoms with Crippen LogP contribution in [0.25, 0.3) is 11.2 Å². The minimum Gasteiger partial charge on any atom is -0.345 e. The molecule has 1 fully saturated rings. The predicted molar refractivity (Wildman–Crippen MR) is 101 cm³/mol. The summed E-state index contributed by atoms with van der Waals surface area (Å²) in [6, 6.07) is 6.34. The Balaban J connectivity index is 1.49. The number of nitrogens with one attached hydrogen (secondary N) is 2. The zero-order valence-electron chi connectivity index (χ0n) is 15.4. The Kier molecular flexibility index (Phi) is 4.49. The largest absolute Gasteiger partial charge is 0.345 e. The summed E-state index contributed by atoms with van der Waals surface area (Å²) in [5.41, 5.74) is 4.56. The van der Waals surface area contributed by atoms with Gasteiger partial charge in [0, 0.05) is 23.6 Å². The van der Waals surface area contributed by atoms with E-state index >= 15 is 0 Å². The van der Waals surface area contributed by atoms with Crippen LogP contribution in [-0.2, 0) is 6.54 Å². The molecule has 1 aliphatic rings. The van der Waals surface area contributed by atoms with E-state index in [1.807, 2.05) is 18.2 Å². The topological polar surface area (TPSA) is 75.6 Å². The molecule has 3 heterocycles. The highest BCUT2D eigenvalue weighted by Gasteiger charge is 2.22. The van der Waals surface area contributed by atoms with Gasteiger partial charge in [-0.3, -0.25) is 4.79 Å². The van der Waals surface area contributed by atoms with Crippen LogP contribution in [0.4, 0.5) is 0 Å². The first-order chi connectivity index (χ1) is 12.6. The lowest BCUT2D eigenvalue weighted by Gasteiger charge is -2.26. The van der Waals surface area contributed by atoms with E-state index in [4.69, 9.17) is 0 Å². The summed E-state index contributed by atoms with van der Waals surface area (Å²) in [4.78, 5) is 24.5. The van der Waals surface area contributed by atoms with Crippen molar-refractivity contribution < 1.29 is 4.79 Å². The molecule has 0 atom stereocenters. The van der Waals surface area contributed by atoms with Gasteiger partial charge in [-0.1, -0.05) is 19.3 Å². The Morgan fingerprint density at radius 3 is 2.88 bits per heavy atom. The average molecular weight is 351 g/mol. The Morgan fingerprint density at radius 1 is 1.31 bits per heavy atom. The molecule has 6 heteroatoms. The first-order valence-electron chi connectivity index (χ1n) is 9.39. The van der Waals surface area contributed by atoms with Gasteiger partial charge in [-0.15, -0.1) is 0 Å². The molecule has 3 aromatic rings. The van der Waals surface area contributed by atoms with Crippen molar-refractivity contribution >= 4 is 17.1 Å². The molecule has 1 saturated carbocycles. The van der Waals surface area contributed by atoms with Crippen LogP contribution in [0.2, 0.25) is 0 Å². The van der Waals surface area contributed by atoms with Crippen LogP contribution in [0.5, 0.6) is 0 Å². The maximum Gasteiger partial charge on any atom is 0.253 e. The normalized spacial score (nSPS) is 15.5. The summed E-state index contributed by atoms with van der Waals surface area (Å²) in [6.07, 6.45) is 8.03. The van der Waals surface area contributed by atoms with Crippen LogP contribution in [-0.4, -0.2) is 25.4 Å². The van der Waals surface area contributed by atoms with E-state index in [1.165, 1.54) is 37.8 Å². The van der Waals surface area contributed by atoms with Crippen LogP contribution in [0, 0.1) is 13.8 Å². The van der Waals surface area contributed by atoms with Gasteiger partial charge >= 0.3 is 0 Å². The minimum absolute atomic E-state index is 0.0476. The zero-order valence-corrected chi connectivity index (χ0v) is 15.4. The van der Waals surface area contributed by atoms with Gasteiger partial charge in [-0.05, 0) is 44.9 Å². The summed E-state index contributed by atoms with van der Waals surface area (Å²) in [5, 5.41) is 2.99. The lowest BCUT2D eigenvalue weighted by molar-refractivity contribution is 0.0949. The molecule has 0 bridgehead atoms.